The third-order valence-electron chi connectivity index (χ3n) is 9.85. The van der Waals surface area contributed by atoms with Crippen molar-refractivity contribution in [1.82, 2.24) is 14.7 Å². The number of hydrogen-bond acceptors (Lipinski definition) is 7. The van der Waals surface area contributed by atoms with E-state index >= 15 is 0 Å². The van der Waals surface area contributed by atoms with Crippen molar-refractivity contribution in [2.45, 2.75) is 68.9 Å². The molecule has 4 aliphatic heterocycles. The molecule has 4 aliphatic rings. The van der Waals surface area contributed by atoms with E-state index in [0.29, 0.717) is 37.7 Å². The molecule has 1 atom stereocenters. The van der Waals surface area contributed by atoms with Gasteiger partial charge in [0.15, 0.2) is 6.10 Å². The molecule has 254 valence electrons. The Hall–Kier alpha value is -3.71. The molecule has 4 heterocycles. The summed E-state index contributed by atoms with van der Waals surface area (Å²) in [4.78, 5) is 45.4. The van der Waals surface area contributed by atoms with Crippen molar-refractivity contribution in [1.29, 1.82) is 0 Å². The molecule has 2 aromatic carbocycles. The molecule has 0 bridgehead atoms. The lowest BCUT2D eigenvalue weighted by atomic mass is 9.82. The monoisotopic (exact) mass is 677 g/mol. The number of likely N-dealkylation sites (tertiary alicyclic amines) is 3. The zero-order valence-electron chi connectivity index (χ0n) is 26.2. The van der Waals surface area contributed by atoms with Gasteiger partial charge in [-0.25, -0.2) is 9.59 Å². The molecule has 2 aromatic rings. The summed E-state index contributed by atoms with van der Waals surface area (Å²) in [5.74, 6) is -0.449. The van der Waals surface area contributed by atoms with E-state index < -0.39 is 41.5 Å². The van der Waals surface area contributed by atoms with Crippen molar-refractivity contribution in [2.75, 3.05) is 56.9 Å². The van der Waals surface area contributed by atoms with E-state index in [1.165, 1.54) is 18.0 Å². The highest BCUT2D eigenvalue weighted by Crippen LogP contribution is 2.44. The smallest absolute Gasteiger partial charge is 0.418 e. The maximum atomic E-state index is 14.0. The lowest BCUT2D eigenvalue weighted by molar-refractivity contribution is -0.142. The molecule has 3 fully saturated rings. The highest BCUT2D eigenvalue weighted by Gasteiger charge is 2.46. The molecule has 10 nitrogen and oxygen atoms in total. The Labute approximate surface area is 276 Å². The first-order valence-corrected chi connectivity index (χ1v) is 16.5. The number of carbonyl (C=O) groups is 3. The number of alkyl halides is 3. The van der Waals surface area contributed by atoms with Crippen LogP contribution >= 0.6 is 11.6 Å². The van der Waals surface area contributed by atoms with Gasteiger partial charge >= 0.3 is 18.4 Å². The van der Waals surface area contributed by atoms with Gasteiger partial charge in [-0.3, -0.25) is 10.1 Å². The number of nitrogens with one attached hydrogen (secondary N) is 2. The second-order valence-electron chi connectivity index (χ2n) is 12.7. The second kappa shape index (κ2) is 13.4. The van der Waals surface area contributed by atoms with Crippen LogP contribution in [0.5, 0.6) is 0 Å². The summed E-state index contributed by atoms with van der Waals surface area (Å²) >= 11 is 6.26. The molecule has 3 saturated heterocycles. The maximum Gasteiger partial charge on any atom is 0.418 e. The van der Waals surface area contributed by atoms with Crippen LogP contribution in [0.1, 0.15) is 55.2 Å². The Morgan fingerprint density at radius 2 is 1.74 bits per heavy atom. The van der Waals surface area contributed by atoms with Crippen molar-refractivity contribution < 1.29 is 37.0 Å². The van der Waals surface area contributed by atoms with Gasteiger partial charge in [0.2, 0.25) is 0 Å². The van der Waals surface area contributed by atoms with Crippen molar-refractivity contribution in [2.24, 2.45) is 0 Å². The zero-order valence-corrected chi connectivity index (χ0v) is 27.0. The highest BCUT2D eigenvalue weighted by atomic mass is 35.5. The fourth-order valence-corrected chi connectivity index (χ4v) is 7.73. The minimum Gasteiger partial charge on any atom is -0.438 e. The minimum absolute atomic E-state index is 0.121. The first-order chi connectivity index (χ1) is 22.5. The summed E-state index contributed by atoms with van der Waals surface area (Å²) in [6, 6.07) is 10.0. The van der Waals surface area contributed by atoms with Gasteiger partial charge in [-0.2, -0.15) is 13.2 Å². The molecule has 2 N–H and O–H groups in total. The first-order valence-electron chi connectivity index (χ1n) is 16.1. The fraction of sp³-hybridized carbons (Fsp3) is 0.545. The number of amides is 3. The van der Waals surface area contributed by atoms with Gasteiger partial charge in [-0.15, -0.1) is 0 Å². The van der Waals surface area contributed by atoms with E-state index in [0.717, 1.165) is 50.4 Å². The van der Waals surface area contributed by atoms with Gasteiger partial charge in [-0.1, -0.05) is 29.8 Å². The number of carbonyl (C=O) groups excluding carboxylic acids is 3. The number of ether oxygens (including phenoxy) is 2. The largest absolute Gasteiger partial charge is 0.438 e. The molecule has 0 aromatic heterocycles. The predicted molar refractivity (Wildman–Crippen MR) is 169 cm³/mol. The Morgan fingerprint density at radius 1 is 1.06 bits per heavy atom. The quantitative estimate of drug-likeness (QED) is 0.382. The van der Waals surface area contributed by atoms with Crippen LogP contribution in [-0.2, 0) is 32.5 Å². The molecular weight excluding hydrogens is 639 g/mol. The average molecular weight is 678 g/mol. The molecule has 0 aliphatic carbocycles. The van der Waals surface area contributed by atoms with Crippen LogP contribution in [0, 0.1) is 0 Å². The Bertz CT molecular complexity index is 1500. The summed E-state index contributed by atoms with van der Waals surface area (Å²) in [6.07, 6.45) is -3.18. The van der Waals surface area contributed by atoms with Crippen molar-refractivity contribution in [3.63, 3.8) is 0 Å². The normalized spacial score (nSPS) is 20.7. The van der Waals surface area contributed by atoms with Gasteiger partial charge in [-0.05, 0) is 62.5 Å². The SMILES string of the molecule is CNc1c(Cl)cc(C[C@@H](OC(=O)N2CCC3(CC2)OC(=O)Nc2ccccc23)C(=O)N2CCC(N3CCCC3)CC2)cc1C(F)(F)F. The molecule has 47 heavy (non-hydrogen) atoms. The van der Waals surface area contributed by atoms with E-state index in [2.05, 4.69) is 15.5 Å². The van der Waals surface area contributed by atoms with Gasteiger partial charge in [0.05, 0.1) is 22.0 Å². The van der Waals surface area contributed by atoms with Crippen LogP contribution in [0.2, 0.25) is 5.02 Å². The van der Waals surface area contributed by atoms with Crippen LogP contribution in [-0.4, -0.2) is 91.3 Å². The van der Waals surface area contributed by atoms with E-state index in [4.69, 9.17) is 21.1 Å². The summed E-state index contributed by atoms with van der Waals surface area (Å²) in [7, 11) is 1.35. The third-order valence-corrected chi connectivity index (χ3v) is 10.1. The highest BCUT2D eigenvalue weighted by molar-refractivity contribution is 6.33. The van der Waals surface area contributed by atoms with Crippen LogP contribution in [0.4, 0.5) is 34.1 Å². The van der Waals surface area contributed by atoms with E-state index in [-0.39, 0.29) is 35.8 Å². The van der Waals surface area contributed by atoms with E-state index in [1.54, 1.807) is 11.0 Å². The summed E-state index contributed by atoms with van der Waals surface area (Å²) in [5, 5.41) is 5.06. The third kappa shape index (κ3) is 6.96. The van der Waals surface area contributed by atoms with Crippen LogP contribution in [0.25, 0.3) is 0 Å². The predicted octanol–water partition coefficient (Wildman–Crippen LogP) is 6.09. The number of halogens is 4. The molecule has 6 rings (SSSR count). The van der Waals surface area contributed by atoms with Crippen molar-refractivity contribution >= 4 is 41.1 Å². The Balaban J connectivity index is 1.19. The molecular formula is C33H39ClF3N5O5. The number of para-hydroxylation sites is 1. The molecule has 14 heteroatoms. The number of rotatable bonds is 6. The number of benzene rings is 2. The molecule has 1 spiro atoms. The lowest BCUT2D eigenvalue weighted by Gasteiger charge is -2.44. The van der Waals surface area contributed by atoms with Gasteiger partial charge in [0, 0.05) is 64.1 Å². The number of hydrogen-bond donors (Lipinski definition) is 2. The standard InChI is InChI=1S/C33H39ClF3N5O5/c1-38-28-24(33(35,36)37)18-21(19-25(28)34)20-27(29(43)41-14-8-22(9-15-41)40-12-4-5-13-40)46-31(45)42-16-10-32(11-17-42)23-6-2-3-7-26(23)39-30(44)47-32/h2-3,6-7,18-19,22,27,38H,4-5,8-17,20H2,1H3,(H,39,44)/t27-/m1/s1. The number of nitrogens with zero attached hydrogens (tertiary/aromatic N) is 3. The number of anilines is 2. The summed E-state index contributed by atoms with van der Waals surface area (Å²) < 4.78 is 53.5. The molecule has 0 saturated carbocycles. The van der Waals surface area contributed by atoms with Crippen LogP contribution in [0.3, 0.4) is 0 Å². The zero-order chi connectivity index (χ0) is 33.3. The molecule has 0 radical (unpaired) electrons. The Morgan fingerprint density at radius 3 is 2.40 bits per heavy atom. The number of fused-ring (bicyclic) bond motifs is 2. The number of piperidine rings is 2. The van der Waals surface area contributed by atoms with Gasteiger partial charge in [0.1, 0.15) is 5.60 Å². The van der Waals surface area contributed by atoms with E-state index in [1.807, 2.05) is 18.2 Å². The Kier molecular flexibility index (Phi) is 9.48. The minimum atomic E-state index is -4.70. The molecule has 0 unspecified atom stereocenters. The average Bonchev–Trinajstić information content (AvgIpc) is 3.59. The summed E-state index contributed by atoms with van der Waals surface area (Å²) in [6.45, 7) is 3.38. The van der Waals surface area contributed by atoms with Crippen molar-refractivity contribution in [3.8, 4) is 0 Å². The summed E-state index contributed by atoms with van der Waals surface area (Å²) in [5.41, 5.74) is -0.556. The second-order valence-corrected chi connectivity index (χ2v) is 13.1. The van der Waals surface area contributed by atoms with Crippen molar-refractivity contribution in [3.05, 3.63) is 58.1 Å². The van der Waals surface area contributed by atoms with Crippen LogP contribution in [0.15, 0.2) is 36.4 Å². The molecule has 3 amide bonds. The fourth-order valence-electron chi connectivity index (χ4n) is 7.39. The van der Waals surface area contributed by atoms with Gasteiger partial charge < -0.3 is 29.5 Å². The van der Waals surface area contributed by atoms with Gasteiger partial charge in [0.25, 0.3) is 5.91 Å². The van der Waals surface area contributed by atoms with E-state index in [9.17, 15) is 27.6 Å². The lowest BCUT2D eigenvalue weighted by Crippen LogP contribution is -2.52. The van der Waals surface area contributed by atoms with Crippen LogP contribution < -0.4 is 10.6 Å². The topological polar surface area (TPSA) is 103 Å². The maximum absolute atomic E-state index is 14.0. The first kappa shape index (κ1) is 33.2.